The van der Waals surface area contributed by atoms with E-state index in [1.54, 1.807) is 36.4 Å². The van der Waals surface area contributed by atoms with Gasteiger partial charge in [-0.3, -0.25) is 9.78 Å². The molecular weight excluding hydrogens is 441 g/mol. The summed E-state index contributed by atoms with van der Waals surface area (Å²) in [4.78, 5) is 33.5. The molecule has 1 aliphatic rings. The van der Waals surface area contributed by atoms with Gasteiger partial charge in [0.25, 0.3) is 5.56 Å². The molecule has 0 spiro atoms. The predicted octanol–water partition coefficient (Wildman–Crippen LogP) is 3.36. The highest BCUT2D eigenvalue weighted by atomic mass is 19.1. The number of amides is 1. The Morgan fingerprint density at radius 2 is 1.91 bits per heavy atom. The maximum Gasteiger partial charge on any atom is 0.404 e. The van der Waals surface area contributed by atoms with E-state index in [-0.39, 0.29) is 22.9 Å². The number of nitrogens with one attached hydrogen (secondary N) is 2. The van der Waals surface area contributed by atoms with Crippen LogP contribution in [0, 0.1) is 17.1 Å². The van der Waals surface area contributed by atoms with Gasteiger partial charge in [0.2, 0.25) is 5.95 Å². The fraction of sp³-hybridized carbons (Fsp3) is 0.250. The van der Waals surface area contributed by atoms with E-state index in [0.29, 0.717) is 48.8 Å². The zero-order valence-corrected chi connectivity index (χ0v) is 18.3. The van der Waals surface area contributed by atoms with Gasteiger partial charge in [-0.2, -0.15) is 5.26 Å². The maximum absolute atomic E-state index is 14.5. The van der Waals surface area contributed by atoms with Crippen molar-refractivity contribution in [2.24, 2.45) is 0 Å². The fourth-order valence-electron chi connectivity index (χ4n) is 4.01. The van der Waals surface area contributed by atoms with Crippen LogP contribution in [0.25, 0.3) is 22.4 Å². The number of hydrogen-bond donors (Lipinski definition) is 3. The Morgan fingerprint density at radius 3 is 2.50 bits per heavy atom. The first-order valence-corrected chi connectivity index (χ1v) is 10.6. The number of nitriles is 1. The molecule has 1 aromatic heterocycles. The minimum absolute atomic E-state index is 0.104. The van der Waals surface area contributed by atoms with Gasteiger partial charge >= 0.3 is 6.09 Å². The molecule has 4 rings (SSSR count). The summed E-state index contributed by atoms with van der Waals surface area (Å²) in [6.45, 7) is 0.966. The van der Waals surface area contributed by atoms with Crippen molar-refractivity contribution in [3.63, 3.8) is 0 Å². The van der Waals surface area contributed by atoms with Gasteiger partial charge < -0.3 is 20.1 Å². The summed E-state index contributed by atoms with van der Waals surface area (Å²) in [5.41, 5.74) is 0.965. The first-order valence-electron chi connectivity index (χ1n) is 10.6. The number of benzene rings is 2. The van der Waals surface area contributed by atoms with E-state index in [0.717, 1.165) is 0 Å². The molecule has 3 aromatic rings. The van der Waals surface area contributed by atoms with E-state index in [1.807, 2.05) is 4.90 Å². The second-order valence-corrected chi connectivity index (χ2v) is 7.86. The third-order valence-electron chi connectivity index (χ3n) is 5.77. The largest absolute Gasteiger partial charge is 0.497 e. The molecule has 3 N–H and O–H groups in total. The summed E-state index contributed by atoms with van der Waals surface area (Å²) in [7, 11) is 1.54. The third kappa shape index (κ3) is 4.68. The van der Waals surface area contributed by atoms with Crippen molar-refractivity contribution in [3.05, 3.63) is 64.2 Å². The number of carboxylic acid groups (broad SMARTS) is 1. The van der Waals surface area contributed by atoms with Gasteiger partial charge in [0.1, 0.15) is 17.6 Å². The van der Waals surface area contributed by atoms with Crippen molar-refractivity contribution in [2.45, 2.75) is 18.9 Å². The van der Waals surface area contributed by atoms with E-state index in [1.165, 1.54) is 19.2 Å². The molecular formula is C24H22FN5O4. The molecule has 1 saturated heterocycles. The number of halogens is 1. The zero-order valence-electron chi connectivity index (χ0n) is 18.3. The van der Waals surface area contributed by atoms with Crippen molar-refractivity contribution in [3.8, 4) is 34.2 Å². The Balaban J connectivity index is 1.78. The molecule has 0 bridgehead atoms. The Labute approximate surface area is 194 Å². The van der Waals surface area contributed by atoms with Crippen molar-refractivity contribution in [2.75, 3.05) is 25.1 Å². The molecule has 1 amide bonds. The normalized spacial score (nSPS) is 13.9. The van der Waals surface area contributed by atoms with E-state index >= 15 is 0 Å². The predicted molar refractivity (Wildman–Crippen MR) is 123 cm³/mol. The number of H-pyrrole nitrogens is 1. The summed E-state index contributed by atoms with van der Waals surface area (Å²) < 4.78 is 19.6. The number of carbonyl (C=O) groups is 1. The minimum atomic E-state index is -1.07. The van der Waals surface area contributed by atoms with Crippen molar-refractivity contribution in [1.82, 2.24) is 15.3 Å². The highest BCUT2D eigenvalue weighted by molar-refractivity contribution is 5.81. The molecule has 0 saturated carbocycles. The molecule has 0 radical (unpaired) electrons. The van der Waals surface area contributed by atoms with Gasteiger partial charge in [-0.05, 0) is 42.7 Å². The summed E-state index contributed by atoms with van der Waals surface area (Å²) in [5, 5.41) is 20.5. The molecule has 0 aliphatic carbocycles. The number of anilines is 1. The highest BCUT2D eigenvalue weighted by Crippen LogP contribution is 2.31. The first kappa shape index (κ1) is 22.8. The molecule has 9 nitrogen and oxygen atoms in total. The second-order valence-electron chi connectivity index (χ2n) is 7.86. The number of aromatic nitrogens is 2. The standard InChI is InChI=1S/C24H22FN5O4/c1-34-18-6-4-14(5-7-18)20-21(15-2-3-16(13-26)19(25)12-15)28-23(29-22(20)31)30-10-8-17(9-11-30)27-24(32)33/h2-7,12,17,27H,8-11H2,1H3,(H,32,33)(H,28,29,31). The summed E-state index contributed by atoms with van der Waals surface area (Å²) in [6.07, 6.45) is 0.0349. The Bertz CT molecular complexity index is 1310. The van der Waals surface area contributed by atoms with Crippen LogP contribution in [0.4, 0.5) is 15.1 Å². The molecule has 2 aromatic carbocycles. The topological polar surface area (TPSA) is 131 Å². The Kier molecular flexibility index (Phi) is 6.45. The number of methoxy groups -OCH3 is 1. The lowest BCUT2D eigenvalue weighted by Gasteiger charge is -2.32. The molecule has 0 atom stereocenters. The quantitative estimate of drug-likeness (QED) is 0.529. The molecule has 174 valence electrons. The zero-order chi connectivity index (χ0) is 24.2. The summed E-state index contributed by atoms with van der Waals surface area (Å²) in [6, 6.07) is 12.6. The van der Waals surface area contributed by atoms with Gasteiger partial charge in [-0.15, -0.1) is 0 Å². The van der Waals surface area contributed by atoms with E-state index < -0.39 is 17.5 Å². The monoisotopic (exact) mass is 463 g/mol. The lowest BCUT2D eigenvalue weighted by Crippen LogP contribution is -2.45. The van der Waals surface area contributed by atoms with Gasteiger partial charge in [0.15, 0.2) is 0 Å². The smallest absolute Gasteiger partial charge is 0.404 e. The number of aromatic amines is 1. The van der Waals surface area contributed by atoms with Crippen LogP contribution < -0.4 is 20.5 Å². The molecule has 10 heteroatoms. The lowest BCUT2D eigenvalue weighted by molar-refractivity contribution is 0.187. The summed E-state index contributed by atoms with van der Waals surface area (Å²) in [5.74, 6) is 0.231. The molecule has 1 fully saturated rings. The van der Waals surface area contributed by atoms with Gasteiger partial charge in [0, 0.05) is 24.7 Å². The average molecular weight is 463 g/mol. The average Bonchev–Trinajstić information content (AvgIpc) is 2.83. The van der Waals surface area contributed by atoms with Crippen molar-refractivity contribution in [1.29, 1.82) is 5.26 Å². The van der Waals surface area contributed by atoms with Crippen LogP contribution in [0.15, 0.2) is 47.3 Å². The molecule has 34 heavy (non-hydrogen) atoms. The number of piperidine rings is 1. The maximum atomic E-state index is 14.5. The van der Waals surface area contributed by atoms with Crippen LogP contribution in [0.1, 0.15) is 18.4 Å². The van der Waals surface area contributed by atoms with Gasteiger partial charge in [0.05, 0.1) is 23.9 Å². The number of hydrogen-bond acceptors (Lipinski definition) is 6. The fourth-order valence-corrected chi connectivity index (χ4v) is 4.01. The number of nitrogens with zero attached hydrogens (tertiary/aromatic N) is 3. The molecule has 0 unspecified atom stereocenters. The van der Waals surface area contributed by atoms with Crippen LogP contribution in [0.2, 0.25) is 0 Å². The molecule has 2 heterocycles. The third-order valence-corrected chi connectivity index (χ3v) is 5.77. The summed E-state index contributed by atoms with van der Waals surface area (Å²) >= 11 is 0. The molecule has 1 aliphatic heterocycles. The SMILES string of the molecule is COc1ccc(-c2c(-c3ccc(C#N)c(F)c3)nc(N3CCC(NC(=O)O)CC3)[nH]c2=O)cc1. The van der Waals surface area contributed by atoms with Crippen LogP contribution in [-0.4, -0.2) is 47.4 Å². The van der Waals surface area contributed by atoms with Crippen molar-refractivity contribution >= 4 is 12.0 Å². The minimum Gasteiger partial charge on any atom is -0.497 e. The number of ether oxygens (including phenoxy) is 1. The van der Waals surface area contributed by atoms with Gasteiger partial charge in [-0.25, -0.2) is 14.2 Å². The van der Waals surface area contributed by atoms with E-state index in [4.69, 9.17) is 15.1 Å². The van der Waals surface area contributed by atoms with Crippen LogP contribution >= 0.6 is 0 Å². The van der Waals surface area contributed by atoms with Crippen LogP contribution in [-0.2, 0) is 0 Å². The number of rotatable bonds is 5. The van der Waals surface area contributed by atoms with Crippen LogP contribution in [0.5, 0.6) is 5.75 Å². The highest BCUT2D eigenvalue weighted by Gasteiger charge is 2.24. The Morgan fingerprint density at radius 1 is 1.24 bits per heavy atom. The van der Waals surface area contributed by atoms with Crippen molar-refractivity contribution < 1.29 is 19.0 Å². The van der Waals surface area contributed by atoms with Crippen LogP contribution in [0.3, 0.4) is 0 Å². The Hall–Kier alpha value is -4.39. The van der Waals surface area contributed by atoms with E-state index in [9.17, 15) is 14.0 Å². The first-order chi connectivity index (χ1) is 16.4. The second kappa shape index (κ2) is 9.62. The van der Waals surface area contributed by atoms with E-state index in [2.05, 4.69) is 15.3 Å². The lowest BCUT2D eigenvalue weighted by atomic mass is 9.99. The van der Waals surface area contributed by atoms with Gasteiger partial charge in [-0.1, -0.05) is 18.2 Å².